The number of carbonyl (C=O) groups excluding carboxylic acids is 1. The van der Waals surface area contributed by atoms with Gasteiger partial charge in [-0.1, -0.05) is 95.9 Å². The molecule has 0 aromatic carbocycles. The van der Waals surface area contributed by atoms with Gasteiger partial charge in [0.2, 0.25) is 5.91 Å². The number of amides is 1. The summed E-state index contributed by atoms with van der Waals surface area (Å²) in [5.41, 5.74) is 0. The Balaban J connectivity index is 3.66. The highest BCUT2D eigenvalue weighted by Gasteiger charge is 2.17. The lowest BCUT2D eigenvalue weighted by Crippen LogP contribution is -2.45. The van der Waals surface area contributed by atoms with E-state index in [-0.39, 0.29) is 12.5 Å². The Morgan fingerprint density at radius 2 is 1.23 bits per heavy atom. The topological polar surface area (TPSA) is 69.6 Å². The summed E-state index contributed by atoms with van der Waals surface area (Å²) < 4.78 is 0. The van der Waals surface area contributed by atoms with Crippen molar-refractivity contribution < 1.29 is 15.0 Å². The Bertz CT molecular complexity index is 448. The summed E-state index contributed by atoms with van der Waals surface area (Å²) in [6.07, 6.45) is 26.9. The van der Waals surface area contributed by atoms with Crippen LogP contribution in [0.5, 0.6) is 0 Å². The van der Waals surface area contributed by atoms with E-state index in [1.807, 2.05) is 6.08 Å². The average molecular weight is 438 g/mol. The van der Waals surface area contributed by atoms with Gasteiger partial charge in [-0.2, -0.15) is 0 Å². The third-order valence-electron chi connectivity index (χ3n) is 5.68. The number of unbranched alkanes of at least 4 members (excludes halogenated alkanes) is 13. The number of nitrogens with one attached hydrogen (secondary N) is 1. The molecule has 4 heteroatoms. The lowest BCUT2D eigenvalue weighted by molar-refractivity contribution is -0.123. The molecule has 2 atom stereocenters. The molecule has 0 spiro atoms. The second-order valence-electron chi connectivity index (χ2n) is 8.75. The molecule has 2 unspecified atom stereocenters. The van der Waals surface area contributed by atoms with E-state index >= 15 is 0 Å². The van der Waals surface area contributed by atoms with Crippen LogP contribution < -0.4 is 5.32 Å². The zero-order valence-electron chi connectivity index (χ0n) is 20.5. The Kier molecular flexibility index (Phi) is 22.7. The first-order chi connectivity index (χ1) is 15.2. The fourth-order valence-electron chi connectivity index (χ4n) is 3.58. The Morgan fingerprint density at radius 3 is 1.84 bits per heavy atom. The van der Waals surface area contributed by atoms with Gasteiger partial charge in [0, 0.05) is 6.42 Å². The molecule has 31 heavy (non-hydrogen) atoms. The maximum absolute atomic E-state index is 12.1. The molecule has 0 saturated carbocycles. The third kappa shape index (κ3) is 20.5. The Hall–Kier alpha value is -1.13. The van der Waals surface area contributed by atoms with Crippen LogP contribution in [0.1, 0.15) is 123 Å². The molecule has 0 rings (SSSR count). The van der Waals surface area contributed by atoms with Gasteiger partial charge in [0.1, 0.15) is 0 Å². The first-order valence-electron chi connectivity index (χ1n) is 13.1. The first kappa shape index (κ1) is 29.9. The second kappa shape index (κ2) is 23.5. The van der Waals surface area contributed by atoms with Crippen LogP contribution in [0.15, 0.2) is 24.3 Å². The molecular formula is C27H51NO3. The minimum atomic E-state index is -0.833. The van der Waals surface area contributed by atoms with Gasteiger partial charge in [0.25, 0.3) is 0 Å². The molecule has 0 fully saturated rings. The Labute approximate surface area is 192 Å². The summed E-state index contributed by atoms with van der Waals surface area (Å²) in [7, 11) is 0. The van der Waals surface area contributed by atoms with Crippen molar-refractivity contribution in [1.82, 2.24) is 5.32 Å². The maximum atomic E-state index is 12.1. The van der Waals surface area contributed by atoms with Crippen LogP contribution in [0.4, 0.5) is 0 Å². The van der Waals surface area contributed by atoms with Gasteiger partial charge in [0.15, 0.2) is 0 Å². The van der Waals surface area contributed by atoms with E-state index in [9.17, 15) is 15.0 Å². The predicted molar refractivity (Wildman–Crippen MR) is 133 cm³/mol. The molecule has 0 bridgehead atoms. The van der Waals surface area contributed by atoms with Gasteiger partial charge in [-0.3, -0.25) is 4.79 Å². The molecule has 0 aliphatic heterocycles. The van der Waals surface area contributed by atoms with Crippen molar-refractivity contribution in [2.45, 2.75) is 135 Å². The number of hydrogen-bond acceptors (Lipinski definition) is 3. The van der Waals surface area contributed by atoms with E-state index in [0.29, 0.717) is 6.42 Å². The first-order valence-corrected chi connectivity index (χ1v) is 13.1. The van der Waals surface area contributed by atoms with Gasteiger partial charge in [-0.05, 0) is 44.9 Å². The number of allylic oxidation sites excluding steroid dienone is 3. The van der Waals surface area contributed by atoms with Crippen LogP contribution in [0, 0.1) is 0 Å². The number of rotatable bonds is 22. The molecule has 0 heterocycles. The lowest BCUT2D eigenvalue weighted by atomic mass is 10.1. The highest BCUT2D eigenvalue weighted by Crippen LogP contribution is 2.10. The minimum absolute atomic E-state index is 0.0839. The van der Waals surface area contributed by atoms with Crippen LogP contribution in [0.3, 0.4) is 0 Å². The number of carbonyl (C=O) groups is 1. The fourth-order valence-corrected chi connectivity index (χ4v) is 3.58. The summed E-state index contributed by atoms with van der Waals surface area (Å²) in [5, 5.41) is 22.4. The monoisotopic (exact) mass is 437 g/mol. The summed E-state index contributed by atoms with van der Waals surface area (Å²) in [4.78, 5) is 12.1. The van der Waals surface area contributed by atoms with Gasteiger partial charge in [0.05, 0.1) is 18.8 Å². The number of aliphatic hydroxyl groups excluding tert-OH is 2. The molecule has 0 aromatic rings. The van der Waals surface area contributed by atoms with E-state index in [4.69, 9.17) is 0 Å². The summed E-state index contributed by atoms with van der Waals surface area (Å²) in [6.45, 7) is 4.16. The molecule has 1 amide bonds. The minimum Gasteiger partial charge on any atom is -0.394 e. The normalized spacial score (nSPS) is 13.8. The van der Waals surface area contributed by atoms with E-state index < -0.39 is 12.1 Å². The van der Waals surface area contributed by atoms with Gasteiger partial charge in [-0.25, -0.2) is 0 Å². The molecule has 182 valence electrons. The standard InChI is InChI=1S/C27H51NO3/c1-3-5-7-9-10-11-12-13-14-15-16-17-19-21-23-27(31)28-25(24-29)26(30)22-20-18-8-6-4-2/h12-13,20,22,25-26,29-30H,3-11,14-19,21,23-24H2,1-2H3,(H,28,31)/b13-12-,22-20+. The molecule has 3 N–H and O–H groups in total. The molecule has 0 aliphatic rings. The molecule has 0 radical (unpaired) electrons. The molecule has 0 aromatic heterocycles. The predicted octanol–water partition coefficient (Wildman–Crippen LogP) is 6.61. The summed E-state index contributed by atoms with van der Waals surface area (Å²) in [6, 6.07) is -0.617. The van der Waals surface area contributed by atoms with Crippen molar-refractivity contribution in [2.75, 3.05) is 6.61 Å². The summed E-state index contributed by atoms with van der Waals surface area (Å²) in [5.74, 6) is -0.0839. The van der Waals surface area contributed by atoms with Crippen molar-refractivity contribution in [3.63, 3.8) is 0 Å². The molecular weight excluding hydrogens is 386 g/mol. The van der Waals surface area contributed by atoms with Crippen molar-refractivity contribution in [3.05, 3.63) is 24.3 Å². The fraction of sp³-hybridized carbons (Fsp3) is 0.815. The van der Waals surface area contributed by atoms with Crippen molar-refractivity contribution >= 4 is 5.91 Å². The molecule has 0 saturated heterocycles. The third-order valence-corrected chi connectivity index (χ3v) is 5.68. The lowest BCUT2D eigenvalue weighted by Gasteiger charge is -2.19. The van der Waals surface area contributed by atoms with Crippen LogP contribution in [-0.2, 0) is 4.79 Å². The SMILES string of the molecule is CCCCC/C=C/C(O)C(CO)NC(=O)CCCCCCC/C=C\CCCCCCC. The van der Waals surface area contributed by atoms with E-state index in [2.05, 4.69) is 31.3 Å². The smallest absolute Gasteiger partial charge is 0.220 e. The van der Waals surface area contributed by atoms with Crippen LogP contribution in [-0.4, -0.2) is 34.9 Å². The van der Waals surface area contributed by atoms with Crippen molar-refractivity contribution in [2.24, 2.45) is 0 Å². The van der Waals surface area contributed by atoms with Crippen molar-refractivity contribution in [3.8, 4) is 0 Å². The maximum Gasteiger partial charge on any atom is 0.220 e. The van der Waals surface area contributed by atoms with E-state index in [1.54, 1.807) is 6.08 Å². The van der Waals surface area contributed by atoms with Gasteiger partial charge in [-0.15, -0.1) is 0 Å². The largest absolute Gasteiger partial charge is 0.394 e. The average Bonchev–Trinajstić information content (AvgIpc) is 2.77. The van der Waals surface area contributed by atoms with E-state index in [1.165, 1.54) is 64.2 Å². The molecule has 0 aliphatic carbocycles. The van der Waals surface area contributed by atoms with E-state index in [0.717, 1.165) is 38.5 Å². The molecule has 4 nitrogen and oxygen atoms in total. The van der Waals surface area contributed by atoms with Gasteiger partial charge < -0.3 is 15.5 Å². The quantitative estimate of drug-likeness (QED) is 0.132. The zero-order valence-corrected chi connectivity index (χ0v) is 20.5. The summed E-state index contributed by atoms with van der Waals surface area (Å²) >= 11 is 0. The van der Waals surface area contributed by atoms with Crippen LogP contribution >= 0.6 is 0 Å². The van der Waals surface area contributed by atoms with Crippen LogP contribution in [0.25, 0.3) is 0 Å². The second-order valence-corrected chi connectivity index (χ2v) is 8.75. The number of hydrogen-bond donors (Lipinski definition) is 3. The number of aliphatic hydroxyl groups is 2. The highest BCUT2D eigenvalue weighted by atomic mass is 16.3. The zero-order chi connectivity index (χ0) is 23.0. The van der Waals surface area contributed by atoms with Gasteiger partial charge >= 0.3 is 0 Å². The van der Waals surface area contributed by atoms with Crippen LogP contribution in [0.2, 0.25) is 0 Å². The highest BCUT2D eigenvalue weighted by molar-refractivity contribution is 5.76. The Morgan fingerprint density at radius 1 is 0.742 bits per heavy atom. The van der Waals surface area contributed by atoms with Crippen molar-refractivity contribution in [1.29, 1.82) is 0 Å².